The molecule has 13 heavy (non-hydrogen) atoms. The Morgan fingerprint density at radius 1 is 1.62 bits per heavy atom. The van der Waals surface area contributed by atoms with E-state index in [1.807, 2.05) is 18.2 Å². The molecule has 2 atom stereocenters. The van der Waals surface area contributed by atoms with Crippen LogP contribution in [0.25, 0.3) is 0 Å². The standard InChI is InChI=1S/C9H19NO2S/c1-8(2)13(12)10-5-3-4-9(6-10)7-11/h8-9,11H,3-7H2,1-2H3. The van der Waals surface area contributed by atoms with Gasteiger partial charge in [0.15, 0.2) is 0 Å². The van der Waals surface area contributed by atoms with Gasteiger partial charge >= 0.3 is 0 Å². The summed E-state index contributed by atoms with van der Waals surface area (Å²) in [6, 6.07) is 0. The smallest absolute Gasteiger partial charge is 0.0968 e. The molecular formula is C9H19NO2S. The number of piperidine rings is 1. The number of hydrogen-bond donors (Lipinski definition) is 1. The molecule has 0 spiro atoms. The summed E-state index contributed by atoms with van der Waals surface area (Å²) in [5.74, 6) is 0.330. The van der Waals surface area contributed by atoms with E-state index in [-0.39, 0.29) is 11.9 Å². The van der Waals surface area contributed by atoms with Gasteiger partial charge in [-0.05, 0) is 32.6 Å². The number of hydrogen-bond acceptors (Lipinski definition) is 2. The van der Waals surface area contributed by atoms with Crippen molar-refractivity contribution in [3.8, 4) is 0 Å². The topological polar surface area (TPSA) is 40.5 Å². The van der Waals surface area contributed by atoms with Gasteiger partial charge in [0, 0.05) is 24.9 Å². The van der Waals surface area contributed by atoms with Crippen molar-refractivity contribution in [1.29, 1.82) is 0 Å². The third-order valence-corrected chi connectivity index (χ3v) is 4.04. The highest BCUT2D eigenvalue weighted by molar-refractivity contribution is 7.83. The molecule has 1 rings (SSSR count). The Balaban J connectivity index is 2.46. The molecule has 0 aromatic carbocycles. The SMILES string of the molecule is CC(C)S(=O)N1CCCC(CO)C1. The lowest BCUT2D eigenvalue weighted by atomic mass is 10.0. The maximum atomic E-state index is 11.7. The van der Waals surface area contributed by atoms with E-state index in [2.05, 4.69) is 0 Å². The zero-order chi connectivity index (χ0) is 9.84. The third-order valence-electron chi connectivity index (χ3n) is 2.40. The molecule has 0 bridgehead atoms. The van der Waals surface area contributed by atoms with E-state index in [0.717, 1.165) is 25.9 Å². The first-order chi connectivity index (χ1) is 6.15. The lowest BCUT2D eigenvalue weighted by Crippen LogP contribution is -2.40. The van der Waals surface area contributed by atoms with Crippen molar-refractivity contribution in [1.82, 2.24) is 4.31 Å². The van der Waals surface area contributed by atoms with Crippen molar-refractivity contribution in [3.05, 3.63) is 0 Å². The Morgan fingerprint density at radius 2 is 2.31 bits per heavy atom. The van der Waals surface area contributed by atoms with Crippen LogP contribution in [0.1, 0.15) is 26.7 Å². The Morgan fingerprint density at radius 3 is 2.85 bits per heavy atom. The van der Waals surface area contributed by atoms with Crippen LogP contribution in [0.5, 0.6) is 0 Å². The Kier molecular flexibility index (Phi) is 4.35. The van der Waals surface area contributed by atoms with E-state index in [1.54, 1.807) is 0 Å². The number of rotatable bonds is 3. The van der Waals surface area contributed by atoms with Gasteiger partial charge in [-0.3, -0.25) is 0 Å². The highest BCUT2D eigenvalue weighted by Crippen LogP contribution is 2.18. The van der Waals surface area contributed by atoms with Crippen molar-refractivity contribution in [2.45, 2.75) is 31.9 Å². The molecule has 1 heterocycles. The summed E-state index contributed by atoms with van der Waals surface area (Å²) < 4.78 is 13.7. The normalized spacial score (nSPS) is 27.8. The fraction of sp³-hybridized carbons (Fsp3) is 1.00. The minimum atomic E-state index is -0.858. The van der Waals surface area contributed by atoms with Gasteiger partial charge in [0.05, 0.1) is 11.0 Å². The molecule has 78 valence electrons. The van der Waals surface area contributed by atoms with Crippen molar-refractivity contribution >= 4 is 11.0 Å². The van der Waals surface area contributed by atoms with Gasteiger partial charge in [0.2, 0.25) is 0 Å². The van der Waals surface area contributed by atoms with E-state index < -0.39 is 11.0 Å². The molecule has 1 saturated heterocycles. The molecule has 0 aromatic rings. The lowest BCUT2D eigenvalue weighted by molar-refractivity contribution is 0.168. The first kappa shape index (κ1) is 11.1. The van der Waals surface area contributed by atoms with Gasteiger partial charge in [-0.25, -0.2) is 8.51 Å². The number of nitrogens with zero attached hydrogens (tertiary/aromatic N) is 1. The fourth-order valence-electron chi connectivity index (χ4n) is 1.64. The van der Waals surface area contributed by atoms with Crippen LogP contribution in [-0.2, 0) is 11.0 Å². The summed E-state index contributed by atoms with van der Waals surface area (Å²) in [4.78, 5) is 0. The number of aliphatic hydroxyl groups excluding tert-OH is 1. The number of aliphatic hydroxyl groups is 1. The molecule has 1 fully saturated rings. The molecule has 1 aliphatic rings. The van der Waals surface area contributed by atoms with Gasteiger partial charge < -0.3 is 5.11 Å². The average Bonchev–Trinajstić information content (AvgIpc) is 2.16. The third kappa shape index (κ3) is 3.04. The molecule has 0 aliphatic carbocycles. The van der Waals surface area contributed by atoms with Crippen molar-refractivity contribution in [3.63, 3.8) is 0 Å². The van der Waals surface area contributed by atoms with Crippen LogP contribution in [0.2, 0.25) is 0 Å². The van der Waals surface area contributed by atoms with Crippen molar-refractivity contribution in [2.75, 3.05) is 19.7 Å². The van der Waals surface area contributed by atoms with Crippen molar-refractivity contribution in [2.24, 2.45) is 5.92 Å². The summed E-state index contributed by atoms with van der Waals surface area (Å²) in [6.07, 6.45) is 2.13. The van der Waals surface area contributed by atoms with E-state index in [0.29, 0.717) is 5.92 Å². The minimum absolute atomic E-state index is 0.192. The first-order valence-electron chi connectivity index (χ1n) is 4.91. The van der Waals surface area contributed by atoms with E-state index >= 15 is 0 Å². The molecule has 0 saturated carbocycles. The summed E-state index contributed by atoms with van der Waals surface area (Å²) >= 11 is 0. The molecule has 4 heteroatoms. The quantitative estimate of drug-likeness (QED) is 0.739. The zero-order valence-corrected chi connectivity index (χ0v) is 9.22. The second-order valence-electron chi connectivity index (χ2n) is 3.90. The largest absolute Gasteiger partial charge is 0.396 e. The molecule has 2 unspecified atom stereocenters. The van der Waals surface area contributed by atoms with Gasteiger partial charge in [-0.2, -0.15) is 0 Å². The molecule has 1 N–H and O–H groups in total. The zero-order valence-electron chi connectivity index (χ0n) is 8.40. The summed E-state index contributed by atoms with van der Waals surface area (Å²) in [6.45, 7) is 5.88. The van der Waals surface area contributed by atoms with Gasteiger partial charge in [0.25, 0.3) is 0 Å². The van der Waals surface area contributed by atoms with Crippen LogP contribution >= 0.6 is 0 Å². The van der Waals surface area contributed by atoms with Crippen LogP contribution in [0.3, 0.4) is 0 Å². The van der Waals surface area contributed by atoms with Gasteiger partial charge in [-0.15, -0.1) is 0 Å². The van der Waals surface area contributed by atoms with Crippen LogP contribution in [0.4, 0.5) is 0 Å². The lowest BCUT2D eigenvalue weighted by Gasteiger charge is -2.31. The summed E-state index contributed by atoms with van der Waals surface area (Å²) in [7, 11) is -0.858. The van der Waals surface area contributed by atoms with Crippen LogP contribution in [0.15, 0.2) is 0 Å². The summed E-state index contributed by atoms with van der Waals surface area (Å²) in [5.41, 5.74) is 0. The van der Waals surface area contributed by atoms with Crippen LogP contribution in [-0.4, -0.2) is 38.6 Å². The molecule has 3 nitrogen and oxygen atoms in total. The highest BCUT2D eigenvalue weighted by atomic mass is 32.2. The Labute approximate surface area is 82.7 Å². The highest BCUT2D eigenvalue weighted by Gasteiger charge is 2.24. The van der Waals surface area contributed by atoms with E-state index in [9.17, 15) is 4.21 Å². The van der Waals surface area contributed by atoms with Gasteiger partial charge in [-0.1, -0.05) is 0 Å². The van der Waals surface area contributed by atoms with Crippen LogP contribution in [0, 0.1) is 5.92 Å². The molecule has 0 aromatic heterocycles. The Bertz CT molecular complexity index is 184. The maximum absolute atomic E-state index is 11.7. The van der Waals surface area contributed by atoms with E-state index in [4.69, 9.17) is 5.11 Å². The predicted molar refractivity (Wildman–Crippen MR) is 54.7 cm³/mol. The van der Waals surface area contributed by atoms with Crippen molar-refractivity contribution < 1.29 is 9.32 Å². The first-order valence-corrected chi connectivity index (χ1v) is 6.08. The van der Waals surface area contributed by atoms with Gasteiger partial charge in [0.1, 0.15) is 0 Å². The average molecular weight is 205 g/mol. The molecule has 0 amide bonds. The second kappa shape index (κ2) is 5.08. The minimum Gasteiger partial charge on any atom is -0.396 e. The maximum Gasteiger partial charge on any atom is 0.0968 e. The molecule has 1 aliphatic heterocycles. The predicted octanol–water partition coefficient (Wildman–Crippen LogP) is 0.763. The molecule has 0 radical (unpaired) electrons. The monoisotopic (exact) mass is 205 g/mol. The Hall–Kier alpha value is 0.0700. The second-order valence-corrected chi connectivity index (χ2v) is 5.92. The summed E-state index contributed by atoms with van der Waals surface area (Å²) in [5, 5.41) is 9.20. The fourth-order valence-corrected chi connectivity index (χ4v) is 2.90. The van der Waals surface area contributed by atoms with E-state index in [1.165, 1.54) is 0 Å². The van der Waals surface area contributed by atoms with Crippen LogP contribution < -0.4 is 0 Å². The molecular weight excluding hydrogens is 186 g/mol.